The van der Waals surface area contributed by atoms with E-state index in [0.29, 0.717) is 22.3 Å². The summed E-state index contributed by atoms with van der Waals surface area (Å²) in [6, 6.07) is 5.53. The minimum Gasteiger partial charge on any atom is -0.336 e. The number of hydrogen-bond acceptors (Lipinski definition) is 5. The molecular weight excluding hydrogens is 344 g/mol. The van der Waals surface area contributed by atoms with Gasteiger partial charge in [-0.3, -0.25) is 0 Å². The molecule has 2 heterocycles. The van der Waals surface area contributed by atoms with Crippen LogP contribution in [0.25, 0.3) is 5.65 Å². The van der Waals surface area contributed by atoms with Crippen LogP contribution in [-0.2, 0) is 0 Å². The number of nitrogen functional groups attached to an aromatic ring is 1. The topological polar surface area (TPSA) is 80.3 Å². The van der Waals surface area contributed by atoms with Gasteiger partial charge in [-0.2, -0.15) is 0 Å². The van der Waals surface area contributed by atoms with Gasteiger partial charge in [0, 0.05) is 16.9 Å². The summed E-state index contributed by atoms with van der Waals surface area (Å²) in [6.45, 7) is 0. The SMILES string of the molecule is NNc1cn2ccnc2c(Nc2cc(Br)ccc2Cl)n1. The van der Waals surface area contributed by atoms with Gasteiger partial charge in [0.05, 0.1) is 16.9 Å². The molecular formula is C12H10BrClN6. The number of aromatic nitrogens is 3. The third-order valence-electron chi connectivity index (χ3n) is 2.70. The zero-order valence-electron chi connectivity index (χ0n) is 10.1. The van der Waals surface area contributed by atoms with Crippen LogP contribution in [0, 0.1) is 0 Å². The Morgan fingerprint density at radius 2 is 2.20 bits per heavy atom. The number of benzene rings is 1. The van der Waals surface area contributed by atoms with Crippen LogP contribution >= 0.6 is 27.5 Å². The Morgan fingerprint density at radius 1 is 1.35 bits per heavy atom. The monoisotopic (exact) mass is 352 g/mol. The highest BCUT2D eigenvalue weighted by molar-refractivity contribution is 9.10. The molecule has 0 fully saturated rings. The van der Waals surface area contributed by atoms with Crippen LogP contribution in [0.15, 0.2) is 41.3 Å². The average Bonchev–Trinajstić information content (AvgIpc) is 2.91. The summed E-state index contributed by atoms with van der Waals surface area (Å²) in [5.41, 5.74) is 3.93. The summed E-state index contributed by atoms with van der Waals surface area (Å²) in [5, 5.41) is 3.75. The molecule has 2 aromatic heterocycles. The molecule has 0 aliphatic carbocycles. The van der Waals surface area contributed by atoms with Crippen molar-refractivity contribution < 1.29 is 0 Å². The largest absolute Gasteiger partial charge is 0.336 e. The fourth-order valence-corrected chi connectivity index (χ4v) is 2.33. The quantitative estimate of drug-likeness (QED) is 0.498. The summed E-state index contributed by atoms with van der Waals surface area (Å²) >= 11 is 9.57. The first kappa shape index (κ1) is 13.2. The fourth-order valence-electron chi connectivity index (χ4n) is 1.81. The number of rotatable bonds is 3. The molecule has 0 aliphatic heterocycles. The van der Waals surface area contributed by atoms with Crippen LogP contribution in [0.1, 0.15) is 0 Å². The van der Waals surface area contributed by atoms with Gasteiger partial charge in [-0.25, -0.2) is 15.8 Å². The predicted molar refractivity (Wildman–Crippen MR) is 83.2 cm³/mol. The van der Waals surface area contributed by atoms with Gasteiger partial charge < -0.3 is 15.1 Å². The number of nitrogens with one attached hydrogen (secondary N) is 2. The summed E-state index contributed by atoms with van der Waals surface area (Å²) in [7, 11) is 0. The van der Waals surface area contributed by atoms with E-state index in [4.69, 9.17) is 17.4 Å². The van der Waals surface area contributed by atoms with E-state index in [0.717, 1.165) is 10.2 Å². The maximum absolute atomic E-state index is 6.17. The van der Waals surface area contributed by atoms with Gasteiger partial charge in [0.15, 0.2) is 17.3 Å². The number of hydrazine groups is 1. The number of anilines is 3. The molecule has 1 aromatic carbocycles. The number of nitrogens with zero attached hydrogens (tertiary/aromatic N) is 3. The first-order valence-corrected chi connectivity index (χ1v) is 6.87. The molecule has 0 spiro atoms. The lowest BCUT2D eigenvalue weighted by Crippen LogP contribution is -2.11. The van der Waals surface area contributed by atoms with Gasteiger partial charge in [-0.15, -0.1) is 0 Å². The van der Waals surface area contributed by atoms with Crippen LogP contribution in [-0.4, -0.2) is 14.4 Å². The molecule has 0 unspecified atom stereocenters. The lowest BCUT2D eigenvalue weighted by atomic mass is 10.3. The second kappa shape index (κ2) is 5.28. The minimum absolute atomic E-state index is 0.518. The van der Waals surface area contributed by atoms with Crippen molar-refractivity contribution in [1.29, 1.82) is 0 Å². The smallest absolute Gasteiger partial charge is 0.180 e. The van der Waals surface area contributed by atoms with Crippen LogP contribution < -0.4 is 16.6 Å². The number of halogens is 2. The van der Waals surface area contributed by atoms with E-state index >= 15 is 0 Å². The molecule has 3 aromatic rings. The van der Waals surface area contributed by atoms with E-state index in [-0.39, 0.29) is 0 Å². The standard InChI is InChI=1S/C12H10BrClN6/c13-7-1-2-8(14)9(5-7)17-11-12-16-3-4-20(12)6-10(18-11)19-15/h1-6,19H,15H2,(H,17,18). The molecule has 8 heteroatoms. The molecule has 0 saturated heterocycles. The van der Waals surface area contributed by atoms with E-state index < -0.39 is 0 Å². The first-order chi connectivity index (χ1) is 9.67. The van der Waals surface area contributed by atoms with Crippen LogP contribution in [0.4, 0.5) is 17.3 Å². The normalized spacial score (nSPS) is 10.8. The zero-order valence-corrected chi connectivity index (χ0v) is 12.5. The summed E-state index contributed by atoms with van der Waals surface area (Å²) in [4.78, 5) is 8.61. The summed E-state index contributed by atoms with van der Waals surface area (Å²) in [6.07, 6.45) is 5.24. The Hall–Kier alpha value is -1.83. The molecule has 20 heavy (non-hydrogen) atoms. The maximum Gasteiger partial charge on any atom is 0.180 e. The highest BCUT2D eigenvalue weighted by atomic mass is 79.9. The number of hydrogen-bond donors (Lipinski definition) is 3. The van der Waals surface area contributed by atoms with Crippen molar-refractivity contribution >= 4 is 50.5 Å². The Balaban J connectivity index is 2.09. The van der Waals surface area contributed by atoms with Gasteiger partial charge in [-0.05, 0) is 18.2 Å². The second-order valence-corrected chi connectivity index (χ2v) is 5.35. The summed E-state index contributed by atoms with van der Waals surface area (Å²) in [5.74, 6) is 6.50. The van der Waals surface area contributed by atoms with Crippen molar-refractivity contribution in [2.75, 3.05) is 10.7 Å². The fraction of sp³-hybridized carbons (Fsp3) is 0. The van der Waals surface area contributed by atoms with Gasteiger partial charge in [0.1, 0.15) is 0 Å². The predicted octanol–water partition coefficient (Wildman–Crippen LogP) is 3.17. The molecule has 0 bridgehead atoms. The van der Waals surface area contributed by atoms with E-state index in [1.165, 1.54) is 0 Å². The molecule has 0 atom stereocenters. The number of imidazole rings is 1. The van der Waals surface area contributed by atoms with Gasteiger partial charge in [0.2, 0.25) is 0 Å². The third-order valence-corrected chi connectivity index (χ3v) is 3.53. The van der Waals surface area contributed by atoms with Crippen molar-refractivity contribution in [2.45, 2.75) is 0 Å². The Labute approximate surface area is 128 Å². The minimum atomic E-state index is 0.518. The molecule has 0 radical (unpaired) electrons. The first-order valence-electron chi connectivity index (χ1n) is 5.70. The molecule has 0 aliphatic rings. The van der Waals surface area contributed by atoms with E-state index in [1.54, 1.807) is 18.5 Å². The van der Waals surface area contributed by atoms with E-state index in [2.05, 4.69) is 36.6 Å². The van der Waals surface area contributed by atoms with Crippen LogP contribution in [0.3, 0.4) is 0 Å². The van der Waals surface area contributed by atoms with Crippen molar-refractivity contribution in [1.82, 2.24) is 14.4 Å². The molecule has 102 valence electrons. The molecule has 3 rings (SSSR count). The van der Waals surface area contributed by atoms with Crippen molar-refractivity contribution in [3.05, 3.63) is 46.3 Å². The average molecular weight is 354 g/mol. The van der Waals surface area contributed by atoms with Crippen molar-refractivity contribution in [3.8, 4) is 0 Å². The van der Waals surface area contributed by atoms with Gasteiger partial charge >= 0.3 is 0 Å². The second-order valence-electron chi connectivity index (χ2n) is 4.03. The highest BCUT2D eigenvalue weighted by Gasteiger charge is 2.09. The molecule has 0 amide bonds. The lowest BCUT2D eigenvalue weighted by Gasteiger charge is -2.11. The van der Waals surface area contributed by atoms with Crippen molar-refractivity contribution in [2.24, 2.45) is 5.84 Å². The molecule has 0 saturated carbocycles. The Bertz CT molecular complexity index is 772. The number of fused-ring (bicyclic) bond motifs is 1. The van der Waals surface area contributed by atoms with Crippen LogP contribution in [0.2, 0.25) is 5.02 Å². The van der Waals surface area contributed by atoms with E-state index in [9.17, 15) is 0 Å². The van der Waals surface area contributed by atoms with E-state index in [1.807, 2.05) is 22.7 Å². The maximum atomic E-state index is 6.17. The lowest BCUT2D eigenvalue weighted by molar-refractivity contribution is 1.11. The molecule has 4 N–H and O–H groups in total. The number of nitrogens with two attached hydrogens (primary N) is 1. The molecule has 6 nitrogen and oxygen atoms in total. The van der Waals surface area contributed by atoms with Crippen molar-refractivity contribution in [3.63, 3.8) is 0 Å². The highest BCUT2D eigenvalue weighted by Crippen LogP contribution is 2.29. The third kappa shape index (κ3) is 2.43. The van der Waals surface area contributed by atoms with Crippen LogP contribution in [0.5, 0.6) is 0 Å². The Kier molecular flexibility index (Phi) is 3.47. The van der Waals surface area contributed by atoms with Gasteiger partial charge in [0.25, 0.3) is 0 Å². The summed E-state index contributed by atoms with van der Waals surface area (Å²) < 4.78 is 2.73. The zero-order chi connectivity index (χ0) is 14.1. The Morgan fingerprint density at radius 3 is 3.00 bits per heavy atom. The van der Waals surface area contributed by atoms with Gasteiger partial charge in [-0.1, -0.05) is 27.5 Å².